The third-order valence-electron chi connectivity index (χ3n) is 3.10. The lowest BCUT2D eigenvalue weighted by molar-refractivity contribution is -0.137. The van der Waals surface area contributed by atoms with E-state index in [4.69, 9.17) is 5.11 Å². The average Bonchev–Trinajstić information content (AvgIpc) is 2.81. The Morgan fingerprint density at radius 3 is 2.81 bits per heavy atom. The molecule has 0 saturated heterocycles. The molecule has 2 aromatic rings. The number of nitrogens with one attached hydrogen (secondary N) is 1. The van der Waals surface area contributed by atoms with Crippen LogP contribution in [0.15, 0.2) is 24.3 Å². The molecule has 1 unspecified atom stereocenters. The molecule has 2 N–H and O–H groups in total. The number of benzene rings is 1. The van der Waals surface area contributed by atoms with E-state index in [0.717, 1.165) is 11.8 Å². The molecule has 2 rings (SSSR count). The quantitative estimate of drug-likeness (QED) is 0.859. The van der Waals surface area contributed by atoms with Gasteiger partial charge < -0.3 is 10.4 Å². The second-order valence-electron chi connectivity index (χ2n) is 4.85. The number of halogens is 1. The van der Waals surface area contributed by atoms with Crippen molar-refractivity contribution in [3.8, 4) is 0 Å². The van der Waals surface area contributed by atoms with E-state index in [2.05, 4.69) is 5.32 Å². The minimum atomic E-state index is -0.938. The maximum absolute atomic E-state index is 13.1. The Labute approximate surface area is 125 Å². The molecular weight excluding hydrogens is 293 g/mol. The van der Waals surface area contributed by atoms with E-state index < -0.39 is 5.97 Å². The van der Waals surface area contributed by atoms with Gasteiger partial charge in [-0.15, -0.1) is 11.3 Å². The molecule has 0 aliphatic heterocycles. The highest BCUT2D eigenvalue weighted by molar-refractivity contribution is 7.20. The minimum Gasteiger partial charge on any atom is -0.481 e. The van der Waals surface area contributed by atoms with Gasteiger partial charge in [-0.05, 0) is 30.0 Å². The van der Waals surface area contributed by atoms with Crippen molar-refractivity contribution in [3.63, 3.8) is 0 Å². The second-order valence-corrected chi connectivity index (χ2v) is 5.93. The summed E-state index contributed by atoms with van der Waals surface area (Å²) in [6, 6.07) is 5.66. The Bertz CT molecular complexity index is 668. The molecule has 1 atom stereocenters. The highest BCUT2D eigenvalue weighted by Crippen LogP contribution is 2.26. The largest absolute Gasteiger partial charge is 0.481 e. The van der Waals surface area contributed by atoms with E-state index in [-0.39, 0.29) is 24.2 Å². The van der Waals surface area contributed by atoms with Gasteiger partial charge in [0, 0.05) is 10.7 Å². The van der Waals surface area contributed by atoms with Crippen molar-refractivity contribution in [2.75, 3.05) is 0 Å². The first-order valence-corrected chi connectivity index (χ1v) is 7.53. The lowest BCUT2D eigenvalue weighted by atomic mass is 10.1. The van der Waals surface area contributed by atoms with Crippen LogP contribution in [-0.2, 0) is 4.79 Å². The number of carboxylic acid groups (broad SMARTS) is 1. The zero-order valence-electron chi connectivity index (χ0n) is 11.6. The van der Waals surface area contributed by atoms with E-state index in [1.165, 1.54) is 23.5 Å². The Morgan fingerprint density at radius 2 is 2.14 bits per heavy atom. The van der Waals surface area contributed by atoms with Crippen molar-refractivity contribution in [1.82, 2.24) is 5.32 Å². The summed E-state index contributed by atoms with van der Waals surface area (Å²) in [6.45, 7) is 1.93. The van der Waals surface area contributed by atoms with E-state index in [1.807, 2.05) is 6.92 Å². The van der Waals surface area contributed by atoms with Crippen molar-refractivity contribution >= 4 is 33.3 Å². The smallest absolute Gasteiger partial charge is 0.305 e. The summed E-state index contributed by atoms with van der Waals surface area (Å²) in [4.78, 5) is 23.4. The fraction of sp³-hybridized carbons (Fsp3) is 0.333. The van der Waals surface area contributed by atoms with E-state index in [1.54, 1.807) is 12.1 Å². The number of rotatable bonds is 6. The average molecular weight is 309 g/mol. The van der Waals surface area contributed by atoms with Crippen LogP contribution in [0.2, 0.25) is 0 Å². The summed E-state index contributed by atoms with van der Waals surface area (Å²) in [6.07, 6.45) is 1.30. The maximum atomic E-state index is 13.1. The van der Waals surface area contributed by atoms with Crippen LogP contribution >= 0.6 is 11.3 Å². The normalized spacial score (nSPS) is 12.3. The highest BCUT2D eigenvalue weighted by Gasteiger charge is 2.17. The van der Waals surface area contributed by atoms with E-state index in [9.17, 15) is 14.0 Å². The molecule has 0 radical (unpaired) electrons. The topological polar surface area (TPSA) is 66.4 Å². The van der Waals surface area contributed by atoms with Crippen molar-refractivity contribution < 1.29 is 19.1 Å². The molecule has 1 heterocycles. The number of carbonyl (C=O) groups is 2. The van der Waals surface area contributed by atoms with Crippen molar-refractivity contribution in [1.29, 1.82) is 0 Å². The van der Waals surface area contributed by atoms with Crippen LogP contribution in [0.5, 0.6) is 0 Å². The molecule has 0 spiro atoms. The number of amides is 1. The first-order chi connectivity index (χ1) is 9.99. The summed E-state index contributed by atoms with van der Waals surface area (Å²) in [7, 11) is 0. The molecule has 0 saturated carbocycles. The molecule has 0 aliphatic rings. The monoisotopic (exact) mass is 309 g/mol. The van der Waals surface area contributed by atoms with Crippen molar-refractivity contribution in [2.45, 2.75) is 32.2 Å². The van der Waals surface area contributed by atoms with Crippen LogP contribution in [0, 0.1) is 5.82 Å². The number of carbonyl (C=O) groups excluding carboxylic acids is 1. The van der Waals surface area contributed by atoms with Gasteiger partial charge in [-0.25, -0.2) is 4.39 Å². The van der Waals surface area contributed by atoms with E-state index in [0.29, 0.717) is 16.0 Å². The lowest BCUT2D eigenvalue weighted by Gasteiger charge is -2.15. The van der Waals surface area contributed by atoms with Gasteiger partial charge in [-0.2, -0.15) is 0 Å². The molecule has 1 aromatic heterocycles. The molecule has 0 aliphatic carbocycles. The first kappa shape index (κ1) is 15.4. The lowest BCUT2D eigenvalue weighted by Crippen LogP contribution is -2.36. The van der Waals surface area contributed by atoms with Gasteiger partial charge in [0.25, 0.3) is 5.91 Å². The van der Waals surface area contributed by atoms with Crippen LogP contribution < -0.4 is 5.32 Å². The molecule has 6 heteroatoms. The zero-order chi connectivity index (χ0) is 15.4. The first-order valence-electron chi connectivity index (χ1n) is 6.71. The van der Waals surface area contributed by atoms with Gasteiger partial charge in [0.05, 0.1) is 11.3 Å². The Morgan fingerprint density at radius 1 is 1.38 bits per heavy atom. The van der Waals surface area contributed by atoms with Gasteiger partial charge in [0.1, 0.15) is 5.82 Å². The van der Waals surface area contributed by atoms with Crippen LogP contribution in [0.1, 0.15) is 35.9 Å². The SMILES string of the molecule is CCCC(CC(=O)O)NC(=O)c1cc2ccc(F)cc2s1. The third-order valence-corrected chi connectivity index (χ3v) is 4.20. The van der Waals surface area contributed by atoms with Crippen molar-refractivity contribution in [3.05, 3.63) is 35.0 Å². The van der Waals surface area contributed by atoms with E-state index >= 15 is 0 Å². The zero-order valence-corrected chi connectivity index (χ0v) is 12.4. The van der Waals surface area contributed by atoms with Gasteiger partial charge >= 0.3 is 5.97 Å². The summed E-state index contributed by atoms with van der Waals surface area (Å²) in [5.41, 5.74) is 0. The van der Waals surface area contributed by atoms with Crippen molar-refractivity contribution in [2.24, 2.45) is 0 Å². The molecule has 112 valence electrons. The predicted molar refractivity (Wildman–Crippen MR) is 80.2 cm³/mol. The van der Waals surface area contributed by atoms with Crippen LogP contribution in [0.25, 0.3) is 10.1 Å². The molecule has 1 amide bonds. The van der Waals surface area contributed by atoms with Gasteiger partial charge in [-0.3, -0.25) is 9.59 Å². The van der Waals surface area contributed by atoms with Crippen LogP contribution in [0.3, 0.4) is 0 Å². The minimum absolute atomic E-state index is 0.0981. The molecule has 1 aromatic carbocycles. The molecule has 21 heavy (non-hydrogen) atoms. The Balaban J connectivity index is 2.14. The summed E-state index contributed by atoms with van der Waals surface area (Å²) in [5, 5.41) is 12.4. The standard InChI is InChI=1S/C15H16FNO3S/c1-2-3-11(8-14(18)19)17-15(20)13-6-9-4-5-10(16)7-12(9)21-13/h4-7,11H,2-3,8H2,1H3,(H,17,20)(H,18,19). The predicted octanol–water partition coefficient (Wildman–Crippen LogP) is 3.41. The molecule has 0 bridgehead atoms. The van der Waals surface area contributed by atoms with Gasteiger partial charge in [0.2, 0.25) is 0 Å². The number of carboxylic acids is 1. The van der Waals surface area contributed by atoms with Crippen LogP contribution in [0.4, 0.5) is 4.39 Å². The van der Waals surface area contributed by atoms with Gasteiger partial charge in [-0.1, -0.05) is 19.4 Å². The summed E-state index contributed by atoms with van der Waals surface area (Å²) >= 11 is 1.20. The second kappa shape index (κ2) is 6.67. The van der Waals surface area contributed by atoms with Crippen LogP contribution in [-0.4, -0.2) is 23.0 Å². The number of hydrogen-bond acceptors (Lipinski definition) is 3. The Hall–Kier alpha value is -1.95. The fourth-order valence-electron chi connectivity index (χ4n) is 2.16. The maximum Gasteiger partial charge on any atom is 0.305 e. The molecular formula is C15H16FNO3S. The molecule has 4 nitrogen and oxygen atoms in total. The fourth-order valence-corrected chi connectivity index (χ4v) is 3.15. The highest BCUT2D eigenvalue weighted by atomic mass is 32.1. The number of thiophene rings is 1. The summed E-state index contributed by atoms with van der Waals surface area (Å²) in [5.74, 6) is -1.59. The summed E-state index contributed by atoms with van der Waals surface area (Å²) < 4.78 is 13.8. The third kappa shape index (κ3) is 4.01. The number of hydrogen-bond donors (Lipinski definition) is 2. The number of fused-ring (bicyclic) bond motifs is 1. The number of aliphatic carboxylic acids is 1. The Kier molecular flexibility index (Phi) is 4.90. The molecule has 0 fully saturated rings. The van der Waals surface area contributed by atoms with Gasteiger partial charge in [0.15, 0.2) is 0 Å².